The van der Waals surface area contributed by atoms with Crippen molar-refractivity contribution in [3.8, 4) is 5.75 Å². The van der Waals surface area contributed by atoms with Crippen LogP contribution in [0.2, 0.25) is 0 Å². The first-order valence-electron chi connectivity index (χ1n) is 12.2. The molecule has 10 heteroatoms. The van der Waals surface area contributed by atoms with Crippen LogP contribution in [-0.4, -0.2) is 65.7 Å². The Labute approximate surface area is 213 Å². The summed E-state index contributed by atoms with van der Waals surface area (Å²) in [7, 11) is 1.21. The van der Waals surface area contributed by atoms with Crippen molar-refractivity contribution in [1.82, 2.24) is 15.5 Å². The van der Waals surface area contributed by atoms with Gasteiger partial charge in [0.1, 0.15) is 30.0 Å². The molecule has 3 N–H and O–H groups in total. The zero-order valence-corrected chi connectivity index (χ0v) is 22.4. The van der Waals surface area contributed by atoms with E-state index < -0.39 is 41.6 Å². The Kier molecular flexibility index (Phi) is 12.2. The van der Waals surface area contributed by atoms with Crippen LogP contribution in [0, 0.1) is 5.92 Å². The van der Waals surface area contributed by atoms with Crippen molar-refractivity contribution in [1.29, 1.82) is 0 Å². The smallest absolute Gasteiger partial charge is 0.408 e. The van der Waals surface area contributed by atoms with Crippen molar-refractivity contribution in [2.45, 2.75) is 78.5 Å². The number of benzene rings is 1. The van der Waals surface area contributed by atoms with Crippen LogP contribution < -0.4 is 10.6 Å². The Morgan fingerprint density at radius 2 is 1.69 bits per heavy atom. The molecule has 0 spiro atoms. The minimum absolute atomic E-state index is 0.00294. The van der Waals surface area contributed by atoms with Gasteiger partial charge in [-0.25, -0.2) is 4.79 Å². The number of unbranched alkanes of at least 4 members (excludes halogenated alkanes) is 1. The lowest BCUT2D eigenvalue weighted by Crippen LogP contribution is -2.53. The van der Waals surface area contributed by atoms with E-state index >= 15 is 0 Å². The van der Waals surface area contributed by atoms with E-state index in [1.54, 1.807) is 32.9 Å². The number of hydrogen-bond donors (Lipinski definition) is 3. The van der Waals surface area contributed by atoms with Gasteiger partial charge in [0.25, 0.3) is 0 Å². The minimum atomic E-state index is -1.11. The molecule has 2 atom stereocenters. The Morgan fingerprint density at radius 1 is 1.08 bits per heavy atom. The number of methoxy groups -OCH3 is 1. The van der Waals surface area contributed by atoms with Crippen molar-refractivity contribution in [3.05, 3.63) is 29.8 Å². The first kappa shape index (κ1) is 30.7. The number of esters is 1. The number of phenolic OH excluding ortho intramolecular Hbond substituents is 1. The molecule has 0 aliphatic carbocycles. The number of rotatable bonds is 12. The summed E-state index contributed by atoms with van der Waals surface area (Å²) in [4.78, 5) is 52.8. The molecule has 0 fully saturated rings. The van der Waals surface area contributed by atoms with E-state index in [9.17, 15) is 24.3 Å². The maximum atomic E-state index is 13.9. The third-order valence-electron chi connectivity index (χ3n) is 5.14. The lowest BCUT2D eigenvalue weighted by Gasteiger charge is -2.35. The highest BCUT2D eigenvalue weighted by atomic mass is 16.6. The van der Waals surface area contributed by atoms with Gasteiger partial charge in [0, 0.05) is 6.54 Å². The Morgan fingerprint density at radius 3 is 2.19 bits per heavy atom. The number of phenols is 1. The minimum Gasteiger partial charge on any atom is -0.508 e. The fraction of sp³-hybridized carbons (Fsp3) is 0.615. The number of nitrogens with one attached hydrogen (secondary N) is 2. The second-order valence-electron chi connectivity index (χ2n) is 10.0. The Balaban J connectivity index is 3.43. The predicted molar refractivity (Wildman–Crippen MR) is 135 cm³/mol. The van der Waals surface area contributed by atoms with Crippen LogP contribution in [0.4, 0.5) is 4.79 Å². The zero-order chi connectivity index (χ0) is 27.5. The first-order valence-corrected chi connectivity index (χ1v) is 12.2. The third-order valence-corrected chi connectivity index (χ3v) is 5.14. The molecule has 0 aliphatic rings. The summed E-state index contributed by atoms with van der Waals surface area (Å²) in [6.45, 7) is 10.9. The highest BCUT2D eigenvalue weighted by Gasteiger charge is 2.36. The summed E-state index contributed by atoms with van der Waals surface area (Å²) < 4.78 is 9.98. The monoisotopic (exact) mass is 507 g/mol. The van der Waals surface area contributed by atoms with Crippen molar-refractivity contribution < 1.29 is 33.8 Å². The highest BCUT2D eigenvalue weighted by Crippen LogP contribution is 2.26. The van der Waals surface area contributed by atoms with Crippen LogP contribution >= 0.6 is 0 Å². The molecule has 1 aromatic rings. The first-order chi connectivity index (χ1) is 16.8. The molecule has 1 aromatic carbocycles. The molecular weight excluding hydrogens is 466 g/mol. The number of aromatic hydroxyl groups is 1. The van der Waals surface area contributed by atoms with Crippen molar-refractivity contribution in [2.75, 3.05) is 20.2 Å². The van der Waals surface area contributed by atoms with E-state index in [1.807, 2.05) is 20.8 Å². The maximum absolute atomic E-state index is 13.9. The van der Waals surface area contributed by atoms with Gasteiger partial charge >= 0.3 is 12.1 Å². The molecular formula is C26H41N3O7. The summed E-state index contributed by atoms with van der Waals surface area (Å²) in [5.74, 6) is -1.61. The molecule has 0 saturated carbocycles. The van der Waals surface area contributed by atoms with Crippen molar-refractivity contribution >= 4 is 23.9 Å². The molecule has 0 heterocycles. The summed E-state index contributed by atoms with van der Waals surface area (Å²) in [5, 5.41) is 15.0. The number of carbonyl (C=O) groups is 4. The van der Waals surface area contributed by atoms with Crippen LogP contribution in [0.3, 0.4) is 0 Å². The summed E-state index contributed by atoms with van der Waals surface area (Å²) in [5.41, 5.74) is -0.306. The molecule has 0 bridgehead atoms. The number of amides is 3. The Bertz CT molecular complexity index is 879. The maximum Gasteiger partial charge on any atom is 0.408 e. The standard InChI is InChI=1S/C26H41N3O7/c1-8-9-14-29(24(33)20(15-17(2)3)28-25(34)36-26(4,5)6)22(18-10-12-19(30)13-11-18)23(32)27-16-21(31)35-7/h10-13,17,20,22,30H,8-9,14-16H2,1-7H3,(H,27,32)(H,28,34). The van der Waals surface area contributed by atoms with Crippen LogP contribution in [0.1, 0.15) is 72.4 Å². The van der Waals surface area contributed by atoms with Gasteiger partial charge in [-0.1, -0.05) is 39.3 Å². The molecule has 1 rings (SSSR count). The van der Waals surface area contributed by atoms with Gasteiger partial charge in [-0.05, 0) is 57.2 Å². The number of ether oxygens (including phenoxy) is 2. The van der Waals surface area contributed by atoms with E-state index in [0.717, 1.165) is 6.42 Å². The number of nitrogens with zero attached hydrogens (tertiary/aromatic N) is 1. The van der Waals surface area contributed by atoms with Crippen molar-refractivity contribution in [3.63, 3.8) is 0 Å². The lowest BCUT2D eigenvalue weighted by atomic mass is 9.98. The van der Waals surface area contributed by atoms with Gasteiger partial charge in [0.15, 0.2) is 0 Å². The predicted octanol–water partition coefficient (Wildman–Crippen LogP) is 3.29. The quantitative estimate of drug-likeness (QED) is 0.370. The van der Waals surface area contributed by atoms with Gasteiger partial charge in [-0.3, -0.25) is 14.4 Å². The molecule has 0 saturated heterocycles. The average molecular weight is 508 g/mol. The molecule has 0 aromatic heterocycles. The van der Waals surface area contributed by atoms with E-state index in [4.69, 9.17) is 4.74 Å². The molecule has 36 heavy (non-hydrogen) atoms. The van der Waals surface area contributed by atoms with Crippen molar-refractivity contribution in [2.24, 2.45) is 5.92 Å². The topological polar surface area (TPSA) is 134 Å². The molecule has 0 radical (unpaired) electrons. The van der Waals surface area contributed by atoms with E-state index in [2.05, 4.69) is 15.4 Å². The molecule has 2 unspecified atom stereocenters. The van der Waals surface area contributed by atoms with Gasteiger partial charge in [-0.2, -0.15) is 0 Å². The van der Waals surface area contributed by atoms with Gasteiger partial charge in [0.2, 0.25) is 11.8 Å². The summed E-state index contributed by atoms with van der Waals surface area (Å²) >= 11 is 0. The van der Waals surface area contributed by atoms with E-state index in [1.165, 1.54) is 24.1 Å². The fourth-order valence-electron chi connectivity index (χ4n) is 3.50. The Hall–Kier alpha value is -3.30. The van der Waals surface area contributed by atoms with Crippen LogP contribution in [0.15, 0.2) is 24.3 Å². The van der Waals surface area contributed by atoms with Gasteiger partial charge in [0.05, 0.1) is 7.11 Å². The summed E-state index contributed by atoms with van der Waals surface area (Å²) in [6.07, 6.45) is 0.954. The lowest BCUT2D eigenvalue weighted by molar-refractivity contribution is -0.145. The molecule has 3 amide bonds. The number of carbonyl (C=O) groups excluding carboxylic acids is 4. The fourth-order valence-corrected chi connectivity index (χ4v) is 3.50. The zero-order valence-electron chi connectivity index (χ0n) is 22.4. The molecule has 202 valence electrons. The average Bonchev–Trinajstić information content (AvgIpc) is 2.78. The second-order valence-corrected chi connectivity index (χ2v) is 10.0. The van der Waals surface area contributed by atoms with Gasteiger partial charge in [-0.15, -0.1) is 0 Å². The van der Waals surface area contributed by atoms with Crippen LogP contribution in [-0.2, 0) is 23.9 Å². The summed E-state index contributed by atoms with van der Waals surface area (Å²) in [6, 6.07) is 3.88. The van der Waals surface area contributed by atoms with Crippen LogP contribution in [0.25, 0.3) is 0 Å². The second kappa shape index (κ2) is 14.3. The molecule has 10 nitrogen and oxygen atoms in total. The molecule has 0 aliphatic heterocycles. The largest absolute Gasteiger partial charge is 0.508 e. The van der Waals surface area contributed by atoms with Gasteiger partial charge < -0.3 is 30.1 Å². The third kappa shape index (κ3) is 10.5. The SMILES string of the molecule is CCCCN(C(=O)C(CC(C)C)NC(=O)OC(C)(C)C)C(C(=O)NCC(=O)OC)c1ccc(O)cc1. The van der Waals surface area contributed by atoms with E-state index in [0.29, 0.717) is 18.4 Å². The highest BCUT2D eigenvalue weighted by molar-refractivity contribution is 5.93. The van der Waals surface area contributed by atoms with Crippen LogP contribution in [0.5, 0.6) is 5.75 Å². The number of hydrogen-bond acceptors (Lipinski definition) is 7. The normalized spacial score (nSPS) is 12.9. The number of alkyl carbamates (subject to hydrolysis) is 1. The van der Waals surface area contributed by atoms with E-state index in [-0.39, 0.29) is 24.8 Å².